The number of fused-ring (bicyclic) bond motifs is 4. The van der Waals surface area contributed by atoms with Crippen LogP contribution in [0.3, 0.4) is 0 Å². The van der Waals surface area contributed by atoms with Crippen LogP contribution in [0, 0.1) is 83.1 Å². The number of aryl methyl sites for hydroxylation is 12. The molecule has 0 N–H and O–H groups in total. The van der Waals surface area contributed by atoms with Gasteiger partial charge in [-0.1, -0.05) is 192 Å². The molecule has 0 aromatic heterocycles. The van der Waals surface area contributed by atoms with Crippen LogP contribution in [-0.2, 0) is 52.4 Å². The van der Waals surface area contributed by atoms with Crippen LogP contribution in [0.4, 0.5) is 0 Å². The van der Waals surface area contributed by atoms with Gasteiger partial charge >= 0.3 is 52.4 Å². The zero-order valence-corrected chi connectivity index (χ0v) is 52.7. The Hall–Kier alpha value is -5.45. The van der Waals surface area contributed by atoms with Crippen molar-refractivity contribution in [3.05, 3.63) is 261 Å². The van der Waals surface area contributed by atoms with E-state index in [-0.39, 0.29) is 77.2 Å². The van der Waals surface area contributed by atoms with Crippen molar-refractivity contribution in [3.63, 3.8) is 0 Å². The summed E-state index contributed by atoms with van der Waals surface area (Å²) in [7, 11) is 0. The van der Waals surface area contributed by atoms with E-state index in [1.807, 2.05) is 0 Å². The van der Waals surface area contributed by atoms with Crippen molar-refractivity contribution in [1.82, 2.24) is 0 Å². The second kappa shape index (κ2) is 26.7. The van der Waals surface area contributed by atoms with Gasteiger partial charge in [-0.05, 0) is 77.6 Å². The van der Waals surface area contributed by atoms with Crippen LogP contribution in [0.2, 0.25) is 0 Å². The Morgan fingerprint density at radius 2 is 0.395 bits per heavy atom. The van der Waals surface area contributed by atoms with E-state index in [1.54, 1.807) is 0 Å². The maximum Gasteiger partial charge on any atom is 2.00 e. The van der Waals surface area contributed by atoms with Crippen LogP contribution in [0.1, 0.15) is 66.8 Å². The summed E-state index contributed by atoms with van der Waals surface area (Å²) in [6, 6.07) is 71.4. The molecule has 0 bridgehead atoms. The molecule has 12 aromatic carbocycles. The van der Waals surface area contributed by atoms with Gasteiger partial charge < -0.3 is 24.8 Å². The fourth-order valence-corrected chi connectivity index (χ4v) is 11.1. The van der Waals surface area contributed by atoms with Gasteiger partial charge in [-0.25, -0.2) is 0 Å². The van der Waals surface area contributed by atoms with E-state index in [0.717, 1.165) is 0 Å². The summed E-state index contributed by atoms with van der Waals surface area (Å²) >= 11 is 0. The minimum absolute atomic E-state index is 0. The molecule has 12 aromatic rings. The van der Waals surface area contributed by atoms with Gasteiger partial charge in [0.2, 0.25) is 0 Å². The normalized spacial score (nSPS) is 10.5. The molecule has 0 atom stereocenters. The monoisotopic (exact) mass is 1180 g/mol. The largest absolute Gasteiger partial charge is 2.00 e. The van der Waals surface area contributed by atoms with E-state index < -0.39 is 0 Å². The van der Waals surface area contributed by atoms with Crippen LogP contribution in [0.25, 0.3) is 87.6 Å². The molecule has 4 heteroatoms. The first-order valence-corrected chi connectivity index (χ1v) is 25.5. The molecule has 380 valence electrons. The summed E-state index contributed by atoms with van der Waals surface area (Å²) in [5, 5.41) is 10.8. The maximum atomic E-state index is 2.28. The topological polar surface area (TPSA) is 0 Å². The van der Waals surface area contributed by atoms with Crippen molar-refractivity contribution in [2.45, 2.75) is 83.1 Å². The maximum absolute atomic E-state index is 2.28. The third kappa shape index (κ3) is 14.6. The van der Waals surface area contributed by atoms with Crippen LogP contribution < -0.4 is 24.8 Å². The molecule has 0 heterocycles. The average Bonchev–Trinajstić information content (AvgIpc) is 4.10. The van der Waals surface area contributed by atoms with Crippen LogP contribution in [0.15, 0.2) is 194 Å². The predicted molar refractivity (Wildman–Crippen MR) is 317 cm³/mol. The summed E-state index contributed by atoms with van der Waals surface area (Å²) in [4.78, 5) is 0. The third-order valence-corrected chi connectivity index (χ3v) is 13.7. The van der Waals surface area contributed by atoms with Crippen LogP contribution in [-0.4, -0.2) is 0 Å². The Kier molecular flexibility index (Phi) is 21.6. The zero-order valence-electron chi connectivity index (χ0n) is 46.2. The Morgan fingerprint density at radius 1 is 0.224 bits per heavy atom. The first-order chi connectivity index (χ1) is 34.5. The Labute approximate surface area is 504 Å². The molecule has 0 aliphatic heterocycles. The molecule has 0 saturated carbocycles. The second-order valence-electron chi connectivity index (χ2n) is 20.9. The smallest absolute Gasteiger partial charge is 1.00 e. The molecule has 0 saturated heterocycles. The minimum Gasteiger partial charge on any atom is -1.00 e. The average molecular weight is 1190 g/mol. The molecule has 0 radical (unpaired) electrons. The van der Waals surface area contributed by atoms with Gasteiger partial charge in [0.15, 0.2) is 0 Å². The number of rotatable bonds is 4. The molecule has 0 spiro atoms. The third-order valence-electron chi connectivity index (χ3n) is 13.7. The summed E-state index contributed by atoms with van der Waals surface area (Å²) in [6.07, 6.45) is 0. The fraction of sp³-hybridized carbons (Fsp3) is 0.167. The number of hydrogen-bond donors (Lipinski definition) is 0. The summed E-state index contributed by atoms with van der Waals surface area (Å²) in [5.74, 6) is 0. The van der Waals surface area contributed by atoms with E-state index in [9.17, 15) is 0 Å². The van der Waals surface area contributed by atoms with Crippen molar-refractivity contribution >= 4 is 43.1 Å². The number of hydrogen-bond acceptors (Lipinski definition) is 0. The predicted octanol–water partition coefficient (Wildman–Crippen LogP) is 14.6. The molecule has 0 aliphatic carbocycles. The number of halogens is 2. The van der Waals surface area contributed by atoms with E-state index in [2.05, 4.69) is 277 Å². The molecule has 0 unspecified atom stereocenters. The van der Waals surface area contributed by atoms with Crippen molar-refractivity contribution in [2.75, 3.05) is 0 Å². The van der Waals surface area contributed by atoms with E-state index >= 15 is 0 Å². The fourth-order valence-electron chi connectivity index (χ4n) is 11.1. The summed E-state index contributed by atoms with van der Waals surface area (Å²) < 4.78 is 0. The molecule has 12 rings (SSSR count). The molecule has 76 heavy (non-hydrogen) atoms. The molecule has 0 fully saturated rings. The first-order valence-electron chi connectivity index (χ1n) is 25.5. The molecular weight excluding hydrogens is 1120 g/mol. The standard InChI is InChI=1S/4C18H17.2ClH.2Zr/c4*1-12-7-13(2)10-16(9-12)17-6-4-5-15-8-14(3)11-18(15)17;;;;/h4*4-11H,1-3H3;2*1H;;/q4*-1;;;2*+2/p-2. The Balaban J connectivity index is 0.000000184. The molecule has 0 aliphatic rings. The van der Waals surface area contributed by atoms with E-state index in [1.165, 1.54) is 154 Å². The van der Waals surface area contributed by atoms with Gasteiger partial charge in [0.25, 0.3) is 0 Å². The first kappa shape index (κ1) is 61.4. The van der Waals surface area contributed by atoms with Gasteiger partial charge in [0.1, 0.15) is 0 Å². The van der Waals surface area contributed by atoms with E-state index in [0.29, 0.717) is 0 Å². The van der Waals surface area contributed by atoms with Crippen molar-refractivity contribution in [2.24, 2.45) is 0 Å². The van der Waals surface area contributed by atoms with E-state index in [4.69, 9.17) is 0 Å². The second-order valence-corrected chi connectivity index (χ2v) is 20.9. The molecule has 0 nitrogen and oxygen atoms in total. The van der Waals surface area contributed by atoms with Gasteiger partial charge in [-0.3, -0.25) is 0 Å². The van der Waals surface area contributed by atoms with Gasteiger partial charge in [0, 0.05) is 0 Å². The van der Waals surface area contributed by atoms with Gasteiger partial charge in [-0.15, -0.1) is 138 Å². The number of benzene rings is 8. The van der Waals surface area contributed by atoms with Crippen molar-refractivity contribution < 1.29 is 77.2 Å². The van der Waals surface area contributed by atoms with Crippen molar-refractivity contribution in [3.8, 4) is 44.5 Å². The Morgan fingerprint density at radius 3 is 0.566 bits per heavy atom. The van der Waals surface area contributed by atoms with Crippen LogP contribution in [0.5, 0.6) is 0 Å². The van der Waals surface area contributed by atoms with Gasteiger partial charge in [-0.2, -0.15) is 24.3 Å². The molecular formula is C72H68Cl2Zr2-2. The van der Waals surface area contributed by atoms with Gasteiger partial charge in [0.05, 0.1) is 0 Å². The summed E-state index contributed by atoms with van der Waals surface area (Å²) in [5.41, 5.74) is 26.6. The summed E-state index contributed by atoms with van der Waals surface area (Å²) in [6.45, 7) is 25.9. The van der Waals surface area contributed by atoms with Crippen molar-refractivity contribution in [1.29, 1.82) is 0 Å². The zero-order chi connectivity index (χ0) is 50.8. The SMILES string of the molecule is Cc1cc(C)cc(-c2cccc3[cH-]c(C)cc23)c1.Cc1cc(C)cc(-c2cccc3[cH-]c(C)cc23)c1.Cc1cc(C)cc(-c2cccc3[cH-]c(C)cc23)c1.Cc1cc(C)cc(-c2cccc3[cH-]c(C)cc23)c1.[Cl-].[Cl-].[Zr+2].[Zr+2]. The minimum atomic E-state index is 0. The van der Waals surface area contributed by atoms with Crippen LogP contribution >= 0.6 is 0 Å². The Bertz CT molecular complexity index is 3310. The quantitative estimate of drug-likeness (QED) is 0.154. The molecule has 0 amide bonds.